The molecule has 0 atom stereocenters. The maximum Gasteiger partial charge on any atom is 0.454 e. The van der Waals surface area contributed by atoms with E-state index < -0.39 is 17.5 Å². The molecule has 0 saturated carbocycles. The van der Waals surface area contributed by atoms with Crippen molar-refractivity contribution in [3.8, 4) is 33.6 Å². The van der Waals surface area contributed by atoms with Crippen molar-refractivity contribution in [2.75, 3.05) is 0 Å². The molecular weight excluding hydrogens is 445 g/mol. The SMILES string of the molecule is Cn1nc(-c2ccccc2)c2c(Br)cc(C(=O)C(F)(F)F)c-2c1-c1ccccc1. The van der Waals surface area contributed by atoms with Crippen LogP contribution in [0.5, 0.6) is 0 Å². The predicted molar refractivity (Wildman–Crippen MR) is 109 cm³/mol. The molecule has 1 aliphatic carbocycles. The fourth-order valence-electron chi connectivity index (χ4n) is 3.47. The van der Waals surface area contributed by atoms with Crippen LogP contribution in [0.1, 0.15) is 10.4 Å². The summed E-state index contributed by atoms with van der Waals surface area (Å²) in [4.78, 5) is 12.3. The molecule has 2 aromatic carbocycles. The van der Waals surface area contributed by atoms with E-state index in [1.807, 2.05) is 36.4 Å². The highest BCUT2D eigenvalue weighted by molar-refractivity contribution is 9.10. The summed E-state index contributed by atoms with van der Waals surface area (Å²) in [7, 11) is 1.66. The quantitative estimate of drug-likeness (QED) is 0.334. The summed E-state index contributed by atoms with van der Waals surface area (Å²) in [5.41, 5.74) is 2.65. The van der Waals surface area contributed by atoms with Gasteiger partial charge in [-0.3, -0.25) is 9.48 Å². The van der Waals surface area contributed by atoms with Crippen LogP contribution in [0.15, 0.2) is 71.2 Å². The highest BCUT2D eigenvalue weighted by atomic mass is 79.9. The number of hydrogen-bond acceptors (Lipinski definition) is 2. The molecule has 0 radical (unpaired) electrons. The molecule has 146 valence electrons. The van der Waals surface area contributed by atoms with Gasteiger partial charge in [-0.15, -0.1) is 0 Å². The lowest BCUT2D eigenvalue weighted by Gasteiger charge is -2.19. The molecule has 0 unspecified atom stereocenters. The van der Waals surface area contributed by atoms with Crippen LogP contribution in [0.2, 0.25) is 0 Å². The summed E-state index contributed by atoms with van der Waals surface area (Å²) >= 11 is 3.36. The van der Waals surface area contributed by atoms with Crippen LogP contribution >= 0.6 is 15.9 Å². The molecule has 1 heterocycles. The summed E-state index contributed by atoms with van der Waals surface area (Å²) in [5, 5.41) is 4.64. The molecule has 0 spiro atoms. The van der Waals surface area contributed by atoms with E-state index in [2.05, 4.69) is 21.0 Å². The number of hydrogen-bond donors (Lipinski definition) is 0. The van der Waals surface area contributed by atoms with E-state index >= 15 is 0 Å². The number of Topliss-reactive ketones (excluding diaryl/α,β-unsaturated/α-hetero) is 1. The first kappa shape index (κ1) is 19.4. The Morgan fingerprint density at radius 2 is 1.48 bits per heavy atom. The summed E-state index contributed by atoms with van der Waals surface area (Å²) in [5.74, 6) is -1.88. The largest absolute Gasteiger partial charge is 0.454 e. The van der Waals surface area contributed by atoms with Crippen molar-refractivity contribution >= 4 is 21.7 Å². The summed E-state index contributed by atoms with van der Waals surface area (Å²) < 4.78 is 41.9. The molecule has 3 nitrogen and oxygen atoms in total. The van der Waals surface area contributed by atoms with Crippen molar-refractivity contribution in [1.82, 2.24) is 9.78 Å². The summed E-state index contributed by atoms with van der Waals surface area (Å²) in [6.45, 7) is 0. The molecule has 29 heavy (non-hydrogen) atoms. The Balaban J connectivity index is 2.12. The third kappa shape index (κ3) is 3.35. The van der Waals surface area contributed by atoms with Gasteiger partial charge in [0.15, 0.2) is 0 Å². The van der Waals surface area contributed by atoms with Crippen LogP contribution in [0.4, 0.5) is 13.2 Å². The number of benzene rings is 2. The van der Waals surface area contributed by atoms with Gasteiger partial charge in [0, 0.05) is 39.3 Å². The molecule has 0 saturated heterocycles. The minimum Gasteiger partial charge on any atom is -0.284 e. The van der Waals surface area contributed by atoms with Crippen LogP contribution < -0.4 is 0 Å². The Kier molecular flexibility index (Phi) is 4.78. The second kappa shape index (κ2) is 7.15. The Morgan fingerprint density at radius 3 is 2.03 bits per heavy atom. The molecule has 0 bridgehead atoms. The van der Waals surface area contributed by atoms with Gasteiger partial charge >= 0.3 is 6.18 Å². The maximum atomic E-state index is 13.3. The second-order valence-corrected chi connectivity index (χ2v) is 7.39. The first-order valence-corrected chi connectivity index (χ1v) is 9.50. The van der Waals surface area contributed by atoms with Crippen LogP contribution in [0.25, 0.3) is 33.6 Å². The van der Waals surface area contributed by atoms with Gasteiger partial charge in [0.2, 0.25) is 0 Å². The lowest BCUT2D eigenvalue weighted by atomic mass is 9.94. The fourth-order valence-corrected chi connectivity index (χ4v) is 4.09. The molecular formula is C22H14BrF3N2O. The summed E-state index contributed by atoms with van der Waals surface area (Å²) in [6.07, 6.45) is -4.98. The van der Waals surface area contributed by atoms with Crippen molar-refractivity contribution in [2.45, 2.75) is 6.18 Å². The number of rotatable bonds is 3. The summed E-state index contributed by atoms with van der Waals surface area (Å²) in [6, 6.07) is 19.3. The first-order chi connectivity index (χ1) is 13.8. The van der Waals surface area contributed by atoms with E-state index in [1.165, 1.54) is 10.7 Å². The zero-order chi connectivity index (χ0) is 20.8. The Bertz CT molecular complexity index is 1170. The molecule has 0 amide bonds. The van der Waals surface area contributed by atoms with E-state index in [-0.39, 0.29) is 5.56 Å². The molecule has 1 aliphatic heterocycles. The highest BCUT2D eigenvalue weighted by Crippen LogP contribution is 2.47. The third-order valence-corrected chi connectivity index (χ3v) is 5.30. The van der Waals surface area contributed by atoms with E-state index in [4.69, 9.17) is 0 Å². The number of alkyl halides is 3. The number of fused-ring (bicyclic) bond motifs is 1. The van der Waals surface area contributed by atoms with Crippen LogP contribution in [0.3, 0.4) is 0 Å². The minimum absolute atomic E-state index is 0.224. The molecule has 2 aliphatic rings. The molecule has 4 rings (SSSR count). The van der Waals surface area contributed by atoms with E-state index in [1.54, 1.807) is 31.3 Å². The van der Waals surface area contributed by atoms with E-state index in [9.17, 15) is 18.0 Å². The normalized spacial score (nSPS) is 11.8. The van der Waals surface area contributed by atoms with Gasteiger partial charge in [0.25, 0.3) is 5.78 Å². The van der Waals surface area contributed by atoms with Crippen molar-refractivity contribution in [2.24, 2.45) is 7.05 Å². The second-order valence-electron chi connectivity index (χ2n) is 6.54. The average molecular weight is 459 g/mol. The van der Waals surface area contributed by atoms with Crippen LogP contribution in [-0.2, 0) is 7.05 Å². The molecule has 2 aromatic rings. The highest BCUT2D eigenvalue weighted by Gasteiger charge is 2.43. The minimum atomic E-state index is -4.98. The van der Waals surface area contributed by atoms with Gasteiger partial charge in [-0.25, -0.2) is 0 Å². The number of halogens is 4. The van der Waals surface area contributed by atoms with Crippen molar-refractivity contribution < 1.29 is 18.0 Å². The zero-order valence-corrected chi connectivity index (χ0v) is 16.8. The Labute approximate surface area is 173 Å². The number of aryl methyl sites for hydroxylation is 1. The van der Waals surface area contributed by atoms with Gasteiger partial charge in [0.1, 0.15) is 0 Å². The molecule has 0 N–H and O–H groups in total. The molecule has 7 heteroatoms. The number of ketones is 1. The third-order valence-electron chi connectivity index (χ3n) is 4.67. The lowest BCUT2D eigenvalue weighted by molar-refractivity contribution is -0.0884. The molecule has 0 fully saturated rings. The number of aromatic nitrogens is 2. The van der Waals surface area contributed by atoms with Gasteiger partial charge in [0.05, 0.1) is 11.4 Å². The topological polar surface area (TPSA) is 34.9 Å². The number of nitrogens with zero attached hydrogens (tertiary/aromatic N) is 2. The van der Waals surface area contributed by atoms with Gasteiger partial charge in [-0.1, -0.05) is 76.6 Å². The van der Waals surface area contributed by atoms with Crippen LogP contribution in [0, 0.1) is 0 Å². The Morgan fingerprint density at radius 1 is 0.931 bits per heavy atom. The monoisotopic (exact) mass is 458 g/mol. The van der Waals surface area contributed by atoms with Crippen molar-refractivity contribution in [3.63, 3.8) is 0 Å². The Hall–Kier alpha value is -2.93. The van der Waals surface area contributed by atoms with Crippen LogP contribution in [-0.4, -0.2) is 21.7 Å². The first-order valence-electron chi connectivity index (χ1n) is 8.70. The zero-order valence-electron chi connectivity index (χ0n) is 15.2. The standard InChI is InChI=1S/C22H14BrF3N2O/c1-28-20(14-10-6-3-7-11-14)17-15(21(29)22(24,25)26)12-16(23)18(17)19(27-28)13-8-4-2-5-9-13/h2-12H,1H3. The predicted octanol–water partition coefficient (Wildman–Crippen LogP) is 6.37. The number of carbonyl (C=O) groups is 1. The molecule has 0 aromatic heterocycles. The van der Waals surface area contributed by atoms with Crippen molar-refractivity contribution in [3.05, 3.63) is 76.8 Å². The maximum absolute atomic E-state index is 13.3. The van der Waals surface area contributed by atoms with E-state index in [0.29, 0.717) is 27.0 Å². The number of carbonyl (C=O) groups excluding carboxylic acids is 1. The average Bonchev–Trinajstić information content (AvgIpc) is 3.04. The lowest BCUT2D eigenvalue weighted by Crippen LogP contribution is -2.23. The van der Waals surface area contributed by atoms with E-state index in [0.717, 1.165) is 5.56 Å². The van der Waals surface area contributed by atoms with Crippen molar-refractivity contribution in [1.29, 1.82) is 0 Å². The smallest absolute Gasteiger partial charge is 0.284 e. The fraction of sp³-hybridized carbons (Fsp3) is 0.0909. The van der Waals surface area contributed by atoms with Gasteiger partial charge in [-0.05, 0) is 6.07 Å². The van der Waals surface area contributed by atoms with Gasteiger partial charge < -0.3 is 0 Å². The van der Waals surface area contributed by atoms with Gasteiger partial charge in [-0.2, -0.15) is 18.3 Å².